The topological polar surface area (TPSA) is 73.0 Å². The number of nitrogens with zero attached hydrogens (tertiary/aromatic N) is 3. The Bertz CT molecular complexity index is 808. The number of nitrogens with one attached hydrogen (secondary N) is 1. The maximum absolute atomic E-state index is 12.2. The van der Waals surface area contributed by atoms with Crippen molar-refractivity contribution in [2.24, 2.45) is 0 Å². The van der Waals surface area contributed by atoms with Crippen LogP contribution in [0.5, 0.6) is 0 Å². The van der Waals surface area contributed by atoms with E-state index in [1.54, 1.807) is 35.0 Å². The van der Waals surface area contributed by atoms with Crippen molar-refractivity contribution in [3.05, 3.63) is 53.5 Å². The maximum Gasteiger partial charge on any atom is 0.264 e. The van der Waals surface area contributed by atoms with E-state index in [1.807, 2.05) is 19.1 Å². The van der Waals surface area contributed by atoms with Crippen LogP contribution >= 0.6 is 11.6 Å². The normalized spacial score (nSPS) is 10.7. The van der Waals surface area contributed by atoms with E-state index in [0.717, 1.165) is 0 Å². The Kier molecular flexibility index (Phi) is 4.43. The molecule has 3 rings (SSSR count). The average Bonchev–Trinajstić information content (AvgIpc) is 3.18. The fraction of sp³-hybridized carbons (Fsp3) is 0.188. The Morgan fingerprint density at radius 2 is 2.04 bits per heavy atom. The lowest BCUT2D eigenvalue weighted by Gasteiger charge is -2.08. The van der Waals surface area contributed by atoms with Crippen LogP contribution in [0.2, 0.25) is 5.02 Å². The lowest BCUT2D eigenvalue weighted by molar-refractivity contribution is -0.116. The first-order valence-electron chi connectivity index (χ1n) is 7.19. The van der Waals surface area contributed by atoms with Crippen LogP contribution in [0.25, 0.3) is 11.6 Å². The monoisotopic (exact) mass is 330 g/mol. The molecule has 118 valence electrons. The Morgan fingerprint density at radius 3 is 2.74 bits per heavy atom. The van der Waals surface area contributed by atoms with E-state index in [0.29, 0.717) is 34.6 Å². The van der Waals surface area contributed by atoms with Crippen LogP contribution in [0, 0.1) is 0 Å². The number of hydrogen-bond donors (Lipinski definition) is 1. The van der Waals surface area contributed by atoms with Gasteiger partial charge in [0.05, 0.1) is 0 Å². The minimum Gasteiger partial charge on any atom is -0.419 e. The van der Waals surface area contributed by atoms with Gasteiger partial charge in [-0.3, -0.25) is 4.79 Å². The summed E-state index contributed by atoms with van der Waals surface area (Å²) in [5.74, 6) is 0.824. The minimum atomic E-state index is -0.153. The largest absolute Gasteiger partial charge is 0.419 e. The van der Waals surface area contributed by atoms with Gasteiger partial charge in [0.1, 0.15) is 12.2 Å². The molecule has 6 nitrogen and oxygen atoms in total. The number of aryl methyl sites for hydroxylation is 1. The van der Waals surface area contributed by atoms with E-state index in [-0.39, 0.29) is 12.5 Å². The lowest BCUT2D eigenvalue weighted by atomic mass is 10.3. The third-order valence-electron chi connectivity index (χ3n) is 3.26. The van der Waals surface area contributed by atoms with Crippen molar-refractivity contribution in [2.45, 2.75) is 19.9 Å². The summed E-state index contributed by atoms with van der Waals surface area (Å²) in [6, 6.07) is 10.6. The van der Waals surface area contributed by atoms with Gasteiger partial charge in [0, 0.05) is 23.3 Å². The number of carbonyl (C=O) groups is 1. The lowest BCUT2D eigenvalue weighted by Crippen LogP contribution is -2.18. The minimum absolute atomic E-state index is 0.148. The molecule has 7 heteroatoms. The second kappa shape index (κ2) is 6.66. The van der Waals surface area contributed by atoms with Crippen molar-refractivity contribution >= 4 is 23.2 Å². The number of aromatic nitrogens is 3. The number of rotatable bonds is 5. The summed E-state index contributed by atoms with van der Waals surface area (Å²) in [5, 5.41) is 11.4. The van der Waals surface area contributed by atoms with Gasteiger partial charge in [-0.1, -0.05) is 18.5 Å². The van der Waals surface area contributed by atoms with Gasteiger partial charge in [-0.2, -0.15) is 0 Å². The van der Waals surface area contributed by atoms with Crippen molar-refractivity contribution in [3.8, 4) is 11.6 Å². The molecule has 1 N–H and O–H groups in total. The zero-order valence-corrected chi connectivity index (χ0v) is 13.2. The molecule has 0 aliphatic heterocycles. The molecule has 0 fully saturated rings. The smallest absolute Gasteiger partial charge is 0.264 e. The van der Waals surface area contributed by atoms with E-state index in [1.165, 1.54) is 0 Å². The van der Waals surface area contributed by atoms with Crippen molar-refractivity contribution in [1.29, 1.82) is 0 Å². The average molecular weight is 331 g/mol. The standard InChI is InChI=1S/C16H15ClN4O2/c1-2-15-19-20-16(23-15)13-4-3-9-21(13)10-14(22)18-12-7-5-11(17)6-8-12/h3-9H,2,10H2,1H3,(H,18,22). The Morgan fingerprint density at radius 1 is 1.26 bits per heavy atom. The fourth-order valence-corrected chi connectivity index (χ4v) is 2.26. The highest BCUT2D eigenvalue weighted by molar-refractivity contribution is 6.30. The quantitative estimate of drug-likeness (QED) is 0.778. The summed E-state index contributed by atoms with van der Waals surface area (Å²) in [7, 11) is 0. The molecule has 0 bridgehead atoms. The predicted octanol–water partition coefficient (Wildman–Crippen LogP) is 3.39. The molecule has 1 amide bonds. The molecule has 0 spiro atoms. The molecular formula is C16H15ClN4O2. The maximum atomic E-state index is 12.2. The molecule has 3 aromatic rings. The zero-order valence-electron chi connectivity index (χ0n) is 12.5. The predicted molar refractivity (Wildman–Crippen MR) is 87.2 cm³/mol. The van der Waals surface area contributed by atoms with E-state index in [2.05, 4.69) is 15.5 Å². The summed E-state index contributed by atoms with van der Waals surface area (Å²) >= 11 is 5.83. The SMILES string of the molecule is CCc1nnc(-c2cccn2CC(=O)Nc2ccc(Cl)cc2)o1. The third kappa shape index (κ3) is 3.60. The number of amides is 1. The van der Waals surface area contributed by atoms with E-state index in [4.69, 9.17) is 16.0 Å². The molecule has 0 aliphatic rings. The highest BCUT2D eigenvalue weighted by atomic mass is 35.5. The van der Waals surface area contributed by atoms with Crippen LogP contribution < -0.4 is 5.32 Å². The second-order valence-electron chi connectivity index (χ2n) is 4.93. The summed E-state index contributed by atoms with van der Waals surface area (Å²) in [4.78, 5) is 12.2. The zero-order chi connectivity index (χ0) is 16.2. The van der Waals surface area contributed by atoms with Crippen LogP contribution in [0.15, 0.2) is 47.0 Å². The van der Waals surface area contributed by atoms with Crippen LogP contribution in [0.3, 0.4) is 0 Å². The number of carbonyl (C=O) groups excluding carboxylic acids is 1. The molecule has 0 saturated heterocycles. The summed E-state index contributed by atoms with van der Waals surface area (Å²) in [5.41, 5.74) is 1.41. The molecule has 23 heavy (non-hydrogen) atoms. The first kappa shape index (κ1) is 15.3. The molecule has 0 aliphatic carbocycles. The van der Waals surface area contributed by atoms with Crippen LogP contribution in [0.1, 0.15) is 12.8 Å². The van der Waals surface area contributed by atoms with E-state index < -0.39 is 0 Å². The molecule has 2 heterocycles. The van der Waals surface area contributed by atoms with Gasteiger partial charge in [-0.15, -0.1) is 10.2 Å². The number of anilines is 1. The summed E-state index contributed by atoms with van der Waals surface area (Å²) in [6.45, 7) is 2.09. The Balaban J connectivity index is 1.72. The molecule has 0 radical (unpaired) electrons. The van der Waals surface area contributed by atoms with E-state index >= 15 is 0 Å². The van der Waals surface area contributed by atoms with Gasteiger partial charge in [0.2, 0.25) is 11.8 Å². The summed E-state index contributed by atoms with van der Waals surface area (Å²) < 4.78 is 7.30. The number of halogens is 1. The van der Waals surface area contributed by atoms with Crippen LogP contribution in [-0.4, -0.2) is 20.7 Å². The highest BCUT2D eigenvalue weighted by Crippen LogP contribution is 2.19. The van der Waals surface area contributed by atoms with E-state index in [9.17, 15) is 4.79 Å². The highest BCUT2D eigenvalue weighted by Gasteiger charge is 2.13. The molecule has 1 aromatic carbocycles. The van der Waals surface area contributed by atoms with Gasteiger partial charge in [-0.25, -0.2) is 0 Å². The Hall–Kier alpha value is -2.60. The number of benzene rings is 1. The Labute approximate surface area is 138 Å². The van der Waals surface area contributed by atoms with Gasteiger partial charge in [-0.05, 0) is 36.4 Å². The van der Waals surface area contributed by atoms with Crippen molar-refractivity contribution < 1.29 is 9.21 Å². The number of hydrogen-bond acceptors (Lipinski definition) is 4. The van der Waals surface area contributed by atoms with Crippen molar-refractivity contribution in [1.82, 2.24) is 14.8 Å². The molecular weight excluding hydrogens is 316 g/mol. The van der Waals surface area contributed by atoms with Gasteiger partial charge >= 0.3 is 0 Å². The molecule has 0 unspecified atom stereocenters. The van der Waals surface area contributed by atoms with Crippen molar-refractivity contribution in [3.63, 3.8) is 0 Å². The fourth-order valence-electron chi connectivity index (χ4n) is 2.13. The molecule has 2 aromatic heterocycles. The second-order valence-corrected chi connectivity index (χ2v) is 5.37. The van der Waals surface area contributed by atoms with Gasteiger partial charge in [0.25, 0.3) is 5.89 Å². The van der Waals surface area contributed by atoms with Crippen LogP contribution in [0.4, 0.5) is 5.69 Å². The van der Waals surface area contributed by atoms with Crippen molar-refractivity contribution in [2.75, 3.05) is 5.32 Å². The van der Waals surface area contributed by atoms with Gasteiger partial charge in [0.15, 0.2) is 0 Å². The van der Waals surface area contributed by atoms with Gasteiger partial charge < -0.3 is 14.3 Å². The first-order chi connectivity index (χ1) is 11.2. The summed E-state index contributed by atoms with van der Waals surface area (Å²) in [6.07, 6.45) is 2.47. The molecule has 0 saturated carbocycles. The third-order valence-corrected chi connectivity index (χ3v) is 3.51. The van der Waals surface area contributed by atoms with Crippen LogP contribution in [-0.2, 0) is 17.8 Å². The first-order valence-corrected chi connectivity index (χ1v) is 7.57. The molecule has 0 atom stereocenters.